The number of ether oxygens (including phenoxy) is 1. The second kappa shape index (κ2) is 3.69. The lowest BCUT2D eigenvalue weighted by Crippen LogP contribution is -1.99. The van der Waals surface area contributed by atoms with Crippen molar-refractivity contribution in [3.05, 3.63) is 17.2 Å². The predicted octanol–water partition coefficient (Wildman–Crippen LogP) is 2.18. The molecule has 0 aliphatic rings. The number of rotatable bonds is 1. The molecule has 0 aliphatic heterocycles. The molecule has 4 nitrogen and oxygen atoms in total. The molecule has 0 radical (unpaired) electrons. The van der Waals surface area contributed by atoms with Crippen LogP contribution in [0, 0.1) is 6.92 Å². The summed E-state index contributed by atoms with van der Waals surface area (Å²) in [7, 11) is 0. The molecule has 0 amide bonds. The summed E-state index contributed by atoms with van der Waals surface area (Å²) in [5.74, 6) is 0.552. The molecule has 0 aliphatic carbocycles. The van der Waals surface area contributed by atoms with E-state index in [2.05, 4.69) is 14.7 Å². The second-order valence-electron chi connectivity index (χ2n) is 1.91. The molecule has 0 saturated heterocycles. The molecule has 12 heavy (non-hydrogen) atoms. The summed E-state index contributed by atoms with van der Waals surface area (Å²) in [6, 6.07) is 0. The highest BCUT2D eigenvalue weighted by Crippen LogP contribution is 2.20. The van der Waals surface area contributed by atoms with Crippen LogP contribution in [0.25, 0.3) is 0 Å². The molecule has 1 aromatic heterocycles. The molecular formula is C6H4Cl2N2O2. The van der Waals surface area contributed by atoms with Gasteiger partial charge < -0.3 is 4.74 Å². The van der Waals surface area contributed by atoms with Crippen molar-refractivity contribution < 1.29 is 9.53 Å². The van der Waals surface area contributed by atoms with Gasteiger partial charge in [-0.25, -0.2) is 14.8 Å². The topological polar surface area (TPSA) is 52.1 Å². The van der Waals surface area contributed by atoms with E-state index >= 15 is 0 Å². The fraction of sp³-hybridized carbons (Fsp3) is 0.167. The standard InChI is InChI=1S/C6H4Cl2N2O2/c1-3-9-2-4(5(7)10-3)12-6(8)11/h2H,1H3. The predicted molar refractivity (Wildman–Crippen MR) is 43.7 cm³/mol. The Bertz CT molecular complexity index is 316. The normalized spacial score (nSPS) is 9.58. The van der Waals surface area contributed by atoms with Gasteiger partial charge in [0, 0.05) is 11.6 Å². The first-order valence-electron chi connectivity index (χ1n) is 2.96. The molecule has 64 valence electrons. The number of halogens is 2. The molecule has 0 saturated carbocycles. The number of aryl methyl sites for hydroxylation is 1. The monoisotopic (exact) mass is 206 g/mol. The smallest absolute Gasteiger partial charge is 0.409 e. The quantitative estimate of drug-likeness (QED) is 0.523. The number of carbonyl (C=O) groups excluding carboxylic acids is 1. The minimum Gasteiger partial charge on any atom is -0.410 e. The van der Waals surface area contributed by atoms with E-state index in [0.717, 1.165) is 0 Å². The largest absolute Gasteiger partial charge is 0.410 e. The van der Waals surface area contributed by atoms with Gasteiger partial charge in [0.05, 0.1) is 6.20 Å². The van der Waals surface area contributed by atoms with Gasteiger partial charge in [-0.15, -0.1) is 0 Å². The van der Waals surface area contributed by atoms with E-state index in [1.165, 1.54) is 6.20 Å². The fourth-order valence-electron chi connectivity index (χ4n) is 0.586. The second-order valence-corrected chi connectivity index (χ2v) is 2.58. The molecule has 1 aromatic rings. The number of hydrogen-bond acceptors (Lipinski definition) is 4. The van der Waals surface area contributed by atoms with E-state index in [9.17, 15) is 4.79 Å². The van der Waals surface area contributed by atoms with Crippen molar-refractivity contribution in [2.24, 2.45) is 0 Å². The number of hydrogen-bond donors (Lipinski definition) is 0. The highest BCUT2D eigenvalue weighted by atomic mass is 35.5. The van der Waals surface area contributed by atoms with E-state index in [-0.39, 0.29) is 10.9 Å². The van der Waals surface area contributed by atoms with Gasteiger partial charge in [0.1, 0.15) is 5.82 Å². The third kappa shape index (κ3) is 2.32. The molecule has 0 fully saturated rings. The molecule has 0 bridgehead atoms. The Morgan fingerprint density at radius 2 is 2.33 bits per heavy atom. The Labute approximate surface area is 78.5 Å². The number of nitrogens with zero attached hydrogens (tertiary/aromatic N) is 2. The van der Waals surface area contributed by atoms with E-state index in [1.807, 2.05) is 0 Å². The van der Waals surface area contributed by atoms with Crippen LogP contribution in [0.1, 0.15) is 5.82 Å². The van der Waals surface area contributed by atoms with Crippen molar-refractivity contribution in [3.63, 3.8) is 0 Å². The Balaban J connectivity index is 2.93. The zero-order valence-corrected chi connectivity index (χ0v) is 7.56. The Morgan fingerprint density at radius 1 is 1.67 bits per heavy atom. The molecule has 0 aromatic carbocycles. The van der Waals surface area contributed by atoms with Crippen LogP contribution in [0.3, 0.4) is 0 Å². The highest BCUT2D eigenvalue weighted by molar-refractivity contribution is 6.61. The van der Waals surface area contributed by atoms with Crippen molar-refractivity contribution in [2.45, 2.75) is 6.92 Å². The molecule has 1 rings (SSSR count). The summed E-state index contributed by atoms with van der Waals surface area (Å²) < 4.78 is 4.47. The van der Waals surface area contributed by atoms with Gasteiger partial charge in [0.25, 0.3) is 0 Å². The van der Waals surface area contributed by atoms with Crippen molar-refractivity contribution in [1.82, 2.24) is 9.97 Å². The molecule has 0 atom stereocenters. The Kier molecular flexibility index (Phi) is 2.83. The molecule has 0 unspecified atom stereocenters. The molecule has 0 spiro atoms. The van der Waals surface area contributed by atoms with Gasteiger partial charge in [-0.3, -0.25) is 0 Å². The van der Waals surface area contributed by atoms with E-state index in [0.29, 0.717) is 5.82 Å². The Morgan fingerprint density at radius 3 is 2.83 bits per heavy atom. The first-order chi connectivity index (χ1) is 5.59. The summed E-state index contributed by atoms with van der Waals surface area (Å²) in [5, 5.41) is 0.0662. The summed E-state index contributed by atoms with van der Waals surface area (Å²) in [6.07, 6.45) is 1.28. The first kappa shape index (κ1) is 9.22. The third-order valence-corrected chi connectivity index (χ3v) is 1.37. The van der Waals surface area contributed by atoms with Crippen LogP contribution < -0.4 is 4.74 Å². The van der Waals surface area contributed by atoms with E-state index < -0.39 is 5.43 Å². The van der Waals surface area contributed by atoms with Crippen LogP contribution >= 0.6 is 23.2 Å². The zero-order chi connectivity index (χ0) is 9.14. The van der Waals surface area contributed by atoms with Gasteiger partial charge in [-0.2, -0.15) is 0 Å². The van der Waals surface area contributed by atoms with Crippen LogP contribution in [0.2, 0.25) is 5.15 Å². The molecule has 0 N–H and O–H groups in total. The highest BCUT2D eigenvalue weighted by Gasteiger charge is 2.06. The lowest BCUT2D eigenvalue weighted by atomic mass is 10.5. The van der Waals surface area contributed by atoms with Gasteiger partial charge in [0.2, 0.25) is 0 Å². The molecular weight excluding hydrogens is 203 g/mol. The van der Waals surface area contributed by atoms with Crippen molar-refractivity contribution in [2.75, 3.05) is 0 Å². The molecule has 6 heteroatoms. The first-order valence-corrected chi connectivity index (χ1v) is 3.71. The van der Waals surface area contributed by atoms with Crippen molar-refractivity contribution in [1.29, 1.82) is 0 Å². The van der Waals surface area contributed by atoms with Crippen LogP contribution in [-0.4, -0.2) is 15.4 Å². The summed E-state index contributed by atoms with van der Waals surface area (Å²) in [4.78, 5) is 17.8. The zero-order valence-electron chi connectivity index (χ0n) is 6.04. The fourth-order valence-corrected chi connectivity index (χ4v) is 0.879. The van der Waals surface area contributed by atoms with Crippen LogP contribution in [-0.2, 0) is 0 Å². The Hall–Kier alpha value is -0.870. The van der Waals surface area contributed by atoms with Crippen LogP contribution in [0.15, 0.2) is 6.20 Å². The maximum atomic E-state index is 10.3. The van der Waals surface area contributed by atoms with Gasteiger partial charge in [0.15, 0.2) is 10.9 Å². The van der Waals surface area contributed by atoms with E-state index in [1.54, 1.807) is 6.92 Å². The van der Waals surface area contributed by atoms with Gasteiger partial charge in [-0.05, 0) is 6.92 Å². The SMILES string of the molecule is Cc1ncc(OC(=O)Cl)c(Cl)n1. The average Bonchev–Trinajstić information content (AvgIpc) is 1.94. The minimum atomic E-state index is -0.968. The lowest BCUT2D eigenvalue weighted by Gasteiger charge is -2.00. The van der Waals surface area contributed by atoms with Crippen LogP contribution in [0.4, 0.5) is 4.79 Å². The van der Waals surface area contributed by atoms with Crippen molar-refractivity contribution >= 4 is 28.6 Å². The maximum absolute atomic E-state index is 10.3. The van der Waals surface area contributed by atoms with Crippen molar-refractivity contribution in [3.8, 4) is 5.75 Å². The maximum Gasteiger partial charge on any atom is 0.409 e. The van der Waals surface area contributed by atoms with Gasteiger partial charge in [-0.1, -0.05) is 11.6 Å². The number of aromatic nitrogens is 2. The number of carbonyl (C=O) groups is 1. The summed E-state index contributed by atoms with van der Waals surface area (Å²) in [6.45, 7) is 1.66. The third-order valence-electron chi connectivity index (χ3n) is 1.02. The minimum absolute atomic E-state index is 0.0577. The van der Waals surface area contributed by atoms with E-state index in [4.69, 9.17) is 23.2 Å². The summed E-state index contributed by atoms with van der Waals surface area (Å²) >= 11 is 10.5. The average molecular weight is 207 g/mol. The lowest BCUT2D eigenvalue weighted by molar-refractivity contribution is 0.225. The van der Waals surface area contributed by atoms with Crippen LogP contribution in [0.5, 0.6) is 5.75 Å². The molecule has 1 heterocycles. The van der Waals surface area contributed by atoms with Gasteiger partial charge >= 0.3 is 5.43 Å². The summed E-state index contributed by atoms with van der Waals surface area (Å²) in [5.41, 5.74) is -0.968.